The highest BCUT2D eigenvalue weighted by Gasteiger charge is 2.28. The van der Waals surface area contributed by atoms with Gasteiger partial charge in [0.1, 0.15) is 5.52 Å². The molecule has 1 aliphatic carbocycles. The van der Waals surface area contributed by atoms with Gasteiger partial charge in [-0.3, -0.25) is 9.48 Å². The van der Waals surface area contributed by atoms with E-state index in [0.717, 1.165) is 37.3 Å². The molecule has 140 valence electrons. The van der Waals surface area contributed by atoms with Crippen molar-refractivity contribution < 1.29 is 4.79 Å². The highest BCUT2D eigenvalue weighted by Crippen LogP contribution is 2.40. The minimum Gasteiger partial charge on any atom is -0.353 e. The minimum atomic E-state index is -0.0681. The Morgan fingerprint density at radius 1 is 1.30 bits per heavy atom. The van der Waals surface area contributed by atoms with Crippen LogP contribution < -0.4 is 10.2 Å². The molecule has 3 aromatic rings. The maximum atomic E-state index is 12.5. The molecule has 2 fully saturated rings. The number of fused-ring (bicyclic) bond motifs is 1. The van der Waals surface area contributed by atoms with Crippen LogP contribution in [0.15, 0.2) is 30.9 Å². The molecule has 1 atom stereocenters. The molecule has 0 spiro atoms. The third kappa shape index (κ3) is 3.15. The van der Waals surface area contributed by atoms with Crippen LogP contribution in [-0.4, -0.2) is 49.4 Å². The Morgan fingerprint density at radius 2 is 2.19 bits per heavy atom. The normalized spacial score (nSPS) is 20.2. The zero-order valence-electron chi connectivity index (χ0n) is 15.4. The Morgan fingerprint density at radius 3 is 2.96 bits per heavy atom. The summed E-state index contributed by atoms with van der Waals surface area (Å²) < 4.78 is 3.58. The molecular weight excluding hydrogens is 342 g/mol. The summed E-state index contributed by atoms with van der Waals surface area (Å²) in [6.07, 6.45) is 11.5. The van der Waals surface area contributed by atoms with Crippen LogP contribution in [0.2, 0.25) is 0 Å². The molecule has 0 aromatic carbocycles. The number of anilines is 1. The van der Waals surface area contributed by atoms with Crippen LogP contribution >= 0.6 is 0 Å². The van der Waals surface area contributed by atoms with Crippen molar-refractivity contribution in [2.24, 2.45) is 7.05 Å². The maximum absolute atomic E-state index is 12.5. The van der Waals surface area contributed by atoms with Crippen molar-refractivity contribution in [1.82, 2.24) is 29.7 Å². The van der Waals surface area contributed by atoms with Gasteiger partial charge in [-0.05, 0) is 31.7 Å². The second kappa shape index (κ2) is 6.37. The van der Waals surface area contributed by atoms with Gasteiger partial charge in [0.25, 0.3) is 5.91 Å². The summed E-state index contributed by atoms with van der Waals surface area (Å²) in [6, 6.07) is 2.28. The molecular formula is C19H23N7O. The van der Waals surface area contributed by atoms with Gasteiger partial charge in [-0.15, -0.1) is 0 Å². The van der Waals surface area contributed by atoms with Crippen molar-refractivity contribution in [3.63, 3.8) is 0 Å². The van der Waals surface area contributed by atoms with E-state index in [9.17, 15) is 4.79 Å². The molecule has 1 amide bonds. The summed E-state index contributed by atoms with van der Waals surface area (Å²) in [7, 11) is 1.81. The molecule has 27 heavy (non-hydrogen) atoms. The fraction of sp³-hybridized carbons (Fsp3) is 0.474. The van der Waals surface area contributed by atoms with Gasteiger partial charge in [0, 0.05) is 50.7 Å². The molecule has 1 aliphatic heterocycles. The van der Waals surface area contributed by atoms with Crippen molar-refractivity contribution in [3.05, 3.63) is 42.1 Å². The SMILES string of the molecule is Cn1cc(C(=O)NC2CCCN(c3nccn4nc(C5CC5)cc34)C2)cn1. The molecule has 2 aliphatic rings. The third-order valence-electron chi connectivity index (χ3n) is 5.41. The van der Waals surface area contributed by atoms with E-state index in [1.54, 1.807) is 17.1 Å². The van der Waals surface area contributed by atoms with Crippen LogP contribution in [-0.2, 0) is 7.05 Å². The smallest absolute Gasteiger partial charge is 0.254 e. The maximum Gasteiger partial charge on any atom is 0.254 e. The lowest BCUT2D eigenvalue weighted by Crippen LogP contribution is -2.48. The Hall–Kier alpha value is -2.90. The first-order chi connectivity index (χ1) is 13.2. The van der Waals surface area contributed by atoms with Gasteiger partial charge in [-0.25, -0.2) is 9.50 Å². The van der Waals surface area contributed by atoms with Crippen LogP contribution in [0.4, 0.5) is 5.82 Å². The summed E-state index contributed by atoms with van der Waals surface area (Å²) in [6.45, 7) is 1.69. The van der Waals surface area contributed by atoms with Crippen LogP contribution in [0.25, 0.3) is 5.52 Å². The van der Waals surface area contributed by atoms with Crippen LogP contribution in [0.1, 0.15) is 47.7 Å². The fourth-order valence-corrected chi connectivity index (χ4v) is 3.84. The molecule has 1 saturated heterocycles. The van der Waals surface area contributed by atoms with E-state index in [0.29, 0.717) is 11.5 Å². The molecule has 1 N–H and O–H groups in total. The Balaban J connectivity index is 1.35. The van der Waals surface area contributed by atoms with Gasteiger partial charge >= 0.3 is 0 Å². The number of aryl methyl sites for hydroxylation is 1. The molecule has 4 heterocycles. The number of hydrogen-bond acceptors (Lipinski definition) is 5. The van der Waals surface area contributed by atoms with Gasteiger partial charge in [-0.2, -0.15) is 10.2 Å². The first kappa shape index (κ1) is 16.3. The van der Waals surface area contributed by atoms with E-state index in [-0.39, 0.29) is 11.9 Å². The lowest BCUT2D eigenvalue weighted by atomic mass is 10.1. The summed E-state index contributed by atoms with van der Waals surface area (Å²) in [5.74, 6) is 1.50. The molecule has 1 unspecified atom stereocenters. The molecule has 1 saturated carbocycles. The minimum absolute atomic E-state index is 0.0681. The average molecular weight is 365 g/mol. The molecule has 5 rings (SSSR count). The Kier molecular flexibility index (Phi) is 3.84. The lowest BCUT2D eigenvalue weighted by Gasteiger charge is -2.34. The van der Waals surface area contributed by atoms with Gasteiger partial charge < -0.3 is 10.2 Å². The van der Waals surface area contributed by atoms with Crippen LogP contribution in [0, 0.1) is 0 Å². The molecule has 0 bridgehead atoms. The molecule has 0 radical (unpaired) electrons. The van der Waals surface area contributed by atoms with Gasteiger partial charge in [0.05, 0.1) is 17.5 Å². The predicted molar refractivity (Wildman–Crippen MR) is 101 cm³/mol. The topological polar surface area (TPSA) is 80.4 Å². The predicted octanol–water partition coefficient (Wildman–Crippen LogP) is 1.74. The molecule has 8 nitrogen and oxygen atoms in total. The molecule has 3 aromatic heterocycles. The highest BCUT2D eigenvalue weighted by atomic mass is 16.1. The van der Waals surface area contributed by atoms with Gasteiger partial charge in [0.2, 0.25) is 0 Å². The van der Waals surface area contributed by atoms with Crippen molar-refractivity contribution in [3.8, 4) is 0 Å². The zero-order valence-corrected chi connectivity index (χ0v) is 15.4. The number of carbonyl (C=O) groups excluding carboxylic acids is 1. The van der Waals surface area contributed by atoms with E-state index >= 15 is 0 Å². The Labute approximate surface area is 157 Å². The Bertz CT molecular complexity index is 987. The van der Waals surface area contributed by atoms with Crippen LogP contribution in [0.5, 0.6) is 0 Å². The molecule has 8 heteroatoms. The number of aromatic nitrogens is 5. The highest BCUT2D eigenvalue weighted by molar-refractivity contribution is 5.93. The summed E-state index contributed by atoms with van der Waals surface area (Å²) in [4.78, 5) is 19.4. The standard InChI is InChI=1S/C19H23N7O/c1-24-11-14(10-21-24)19(27)22-15-3-2-7-25(12-15)18-17-9-16(13-4-5-13)23-26(17)8-6-20-18/h6,8-11,13,15H,2-5,7,12H2,1H3,(H,22,27). The van der Waals surface area contributed by atoms with E-state index in [1.807, 2.05) is 24.0 Å². The number of amides is 1. The van der Waals surface area contributed by atoms with E-state index in [2.05, 4.69) is 26.4 Å². The zero-order chi connectivity index (χ0) is 18.4. The largest absolute Gasteiger partial charge is 0.353 e. The number of nitrogens with zero attached hydrogens (tertiary/aromatic N) is 6. The van der Waals surface area contributed by atoms with Gasteiger partial charge in [0.15, 0.2) is 5.82 Å². The summed E-state index contributed by atoms with van der Waals surface area (Å²) in [5.41, 5.74) is 2.82. The van der Waals surface area contributed by atoms with Crippen molar-refractivity contribution in [2.45, 2.75) is 37.6 Å². The van der Waals surface area contributed by atoms with Crippen molar-refractivity contribution in [1.29, 1.82) is 0 Å². The van der Waals surface area contributed by atoms with Crippen LogP contribution in [0.3, 0.4) is 0 Å². The second-order valence-electron chi connectivity index (χ2n) is 7.59. The van der Waals surface area contributed by atoms with E-state index < -0.39 is 0 Å². The quantitative estimate of drug-likeness (QED) is 0.762. The average Bonchev–Trinajstić information content (AvgIpc) is 3.28. The van der Waals surface area contributed by atoms with Gasteiger partial charge in [-0.1, -0.05) is 0 Å². The van der Waals surface area contributed by atoms with Crippen molar-refractivity contribution in [2.75, 3.05) is 18.0 Å². The first-order valence-electron chi connectivity index (χ1n) is 9.56. The third-order valence-corrected chi connectivity index (χ3v) is 5.41. The monoisotopic (exact) mass is 365 g/mol. The van der Waals surface area contributed by atoms with E-state index in [4.69, 9.17) is 5.10 Å². The summed E-state index contributed by atoms with van der Waals surface area (Å²) in [5, 5.41) is 11.9. The number of piperidine rings is 1. The fourth-order valence-electron chi connectivity index (χ4n) is 3.84. The first-order valence-corrected chi connectivity index (χ1v) is 9.56. The number of carbonyl (C=O) groups is 1. The lowest BCUT2D eigenvalue weighted by molar-refractivity contribution is 0.0933. The van der Waals surface area contributed by atoms with Crippen molar-refractivity contribution >= 4 is 17.2 Å². The number of rotatable bonds is 4. The number of nitrogens with one attached hydrogen (secondary N) is 1. The number of hydrogen-bond donors (Lipinski definition) is 1. The summed E-state index contributed by atoms with van der Waals surface area (Å²) >= 11 is 0. The van der Waals surface area contributed by atoms with E-state index in [1.165, 1.54) is 18.5 Å². The second-order valence-corrected chi connectivity index (χ2v) is 7.59.